The molecule has 0 amide bonds. The number of benzene rings is 1. The molecule has 1 aromatic carbocycles. The number of fused-ring (bicyclic) bond motifs is 1. The Morgan fingerprint density at radius 3 is 2.86 bits per heavy atom. The predicted molar refractivity (Wildman–Crippen MR) is 78.8 cm³/mol. The van der Waals surface area contributed by atoms with Crippen LogP contribution in [0.4, 0.5) is 0 Å². The van der Waals surface area contributed by atoms with E-state index in [1.807, 2.05) is 30.3 Å². The first-order valence-electron chi connectivity index (χ1n) is 6.32. The van der Waals surface area contributed by atoms with E-state index in [0.717, 1.165) is 22.6 Å². The Labute approximate surface area is 126 Å². The van der Waals surface area contributed by atoms with Crippen LogP contribution in [0.5, 0.6) is 5.75 Å². The smallest absolute Gasteiger partial charge is 0.250 e. The molecule has 7 heteroatoms. The van der Waals surface area contributed by atoms with Crippen molar-refractivity contribution in [1.29, 1.82) is 5.26 Å². The second-order valence-electron chi connectivity index (χ2n) is 4.63. The summed E-state index contributed by atoms with van der Waals surface area (Å²) in [6.45, 7) is 0.205. The van der Waals surface area contributed by atoms with Gasteiger partial charge in [0.15, 0.2) is 0 Å². The Balaban J connectivity index is 1.65. The van der Waals surface area contributed by atoms with Gasteiger partial charge in [-0.3, -0.25) is 0 Å². The molecule has 0 bridgehead atoms. The van der Waals surface area contributed by atoms with Crippen molar-refractivity contribution in [3.8, 4) is 11.8 Å². The highest BCUT2D eigenvalue weighted by Crippen LogP contribution is 2.28. The van der Waals surface area contributed by atoms with Gasteiger partial charge in [-0.2, -0.15) is 5.26 Å². The van der Waals surface area contributed by atoms with Crippen molar-refractivity contribution in [3.05, 3.63) is 46.8 Å². The minimum Gasteiger partial charge on any atom is -0.488 e. The fourth-order valence-electron chi connectivity index (χ4n) is 2.17. The van der Waals surface area contributed by atoms with Crippen LogP contribution in [-0.2, 0) is 16.4 Å². The van der Waals surface area contributed by atoms with Gasteiger partial charge >= 0.3 is 0 Å². The predicted octanol–water partition coefficient (Wildman–Crippen LogP) is 1.90. The number of hydrogen-bond donors (Lipinski definition) is 1. The fraction of sp³-hybridized carbons (Fsp3) is 0.214. The highest BCUT2D eigenvalue weighted by Gasteiger charge is 2.25. The lowest BCUT2D eigenvalue weighted by Gasteiger charge is -2.11. The molecule has 21 heavy (non-hydrogen) atoms. The van der Waals surface area contributed by atoms with Crippen molar-refractivity contribution < 1.29 is 13.2 Å². The number of ether oxygens (including phenoxy) is 1. The van der Waals surface area contributed by atoms with Gasteiger partial charge in [0.25, 0.3) is 0 Å². The quantitative estimate of drug-likeness (QED) is 0.933. The lowest BCUT2D eigenvalue weighted by Crippen LogP contribution is -2.34. The van der Waals surface area contributed by atoms with Gasteiger partial charge in [-0.25, -0.2) is 13.1 Å². The molecular weight excluding hydrogens is 308 g/mol. The number of hydrogen-bond acceptors (Lipinski definition) is 5. The Hall–Kier alpha value is -1.88. The van der Waals surface area contributed by atoms with Gasteiger partial charge in [-0.05, 0) is 23.8 Å². The van der Waals surface area contributed by atoms with E-state index in [2.05, 4.69) is 4.72 Å². The van der Waals surface area contributed by atoms with Crippen LogP contribution in [0, 0.1) is 11.3 Å². The Morgan fingerprint density at radius 2 is 2.14 bits per heavy atom. The first-order valence-corrected chi connectivity index (χ1v) is 8.62. The number of nitriles is 1. The van der Waals surface area contributed by atoms with E-state index in [1.165, 1.54) is 12.1 Å². The van der Waals surface area contributed by atoms with Crippen LogP contribution in [0.25, 0.3) is 0 Å². The van der Waals surface area contributed by atoms with Crippen LogP contribution >= 0.6 is 11.3 Å². The van der Waals surface area contributed by atoms with Crippen LogP contribution in [-0.4, -0.2) is 21.1 Å². The number of sulfonamides is 1. The second kappa shape index (κ2) is 5.48. The SMILES string of the molecule is N#Cc1ccc(S(=O)(=O)NCC2Cc3ccccc3O2)s1. The molecule has 1 aliphatic heterocycles. The van der Waals surface area contributed by atoms with Crippen molar-refractivity contribution in [2.45, 2.75) is 16.7 Å². The average Bonchev–Trinajstić information content (AvgIpc) is 3.11. The van der Waals surface area contributed by atoms with E-state index in [4.69, 9.17) is 10.00 Å². The fourth-order valence-corrected chi connectivity index (χ4v) is 4.38. The second-order valence-corrected chi connectivity index (χ2v) is 7.71. The van der Waals surface area contributed by atoms with Crippen molar-refractivity contribution in [3.63, 3.8) is 0 Å². The van der Waals surface area contributed by atoms with Gasteiger partial charge in [-0.1, -0.05) is 18.2 Å². The third kappa shape index (κ3) is 2.93. The summed E-state index contributed by atoms with van der Waals surface area (Å²) in [4.78, 5) is 0.375. The lowest BCUT2D eigenvalue weighted by molar-refractivity contribution is 0.236. The molecule has 3 rings (SSSR count). The normalized spacial score (nSPS) is 17.0. The molecule has 2 aromatic rings. The molecule has 2 heterocycles. The topological polar surface area (TPSA) is 79.2 Å². The highest BCUT2D eigenvalue weighted by atomic mass is 32.2. The van der Waals surface area contributed by atoms with Crippen LogP contribution < -0.4 is 9.46 Å². The Morgan fingerprint density at radius 1 is 1.33 bits per heavy atom. The molecule has 0 radical (unpaired) electrons. The summed E-state index contributed by atoms with van der Waals surface area (Å²) in [5.74, 6) is 0.810. The van der Waals surface area contributed by atoms with Crippen LogP contribution in [0.3, 0.4) is 0 Å². The van der Waals surface area contributed by atoms with Crippen molar-refractivity contribution in [2.24, 2.45) is 0 Å². The Kier molecular flexibility index (Phi) is 3.68. The minimum absolute atomic E-state index is 0.148. The van der Waals surface area contributed by atoms with E-state index in [1.54, 1.807) is 0 Å². The van der Waals surface area contributed by atoms with Crippen LogP contribution in [0.2, 0.25) is 0 Å². The van der Waals surface area contributed by atoms with Crippen LogP contribution in [0.15, 0.2) is 40.6 Å². The van der Waals surface area contributed by atoms with Crippen molar-refractivity contribution in [1.82, 2.24) is 4.72 Å². The molecule has 5 nitrogen and oxygen atoms in total. The number of thiophene rings is 1. The van der Waals surface area contributed by atoms with E-state index in [9.17, 15) is 8.42 Å². The minimum atomic E-state index is -3.59. The summed E-state index contributed by atoms with van der Waals surface area (Å²) < 4.78 is 32.6. The van der Waals surface area contributed by atoms with Crippen molar-refractivity contribution in [2.75, 3.05) is 6.54 Å². The molecule has 108 valence electrons. The zero-order chi connectivity index (χ0) is 14.9. The molecule has 0 aliphatic carbocycles. The number of nitrogens with zero attached hydrogens (tertiary/aromatic N) is 1. The molecule has 1 atom stereocenters. The molecule has 0 spiro atoms. The van der Waals surface area contributed by atoms with Crippen LogP contribution in [0.1, 0.15) is 10.4 Å². The average molecular weight is 320 g/mol. The first kappa shape index (κ1) is 14.1. The maximum Gasteiger partial charge on any atom is 0.250 e. The van der Waals surface area contributed by atoms with Gasteiger partial charge in [0, 0.05) is 13.0 Å². The van der Waals surface area contributed by atoms with E-state index < -0.39 is 10.0 Å². The number of nitrogens with one attached hydrogen (secondary N) is 1. The number of rotatable bonds is 4. The van der Waals surface area contributed by atoms with Gasteiger partial charge in [0.1, 0.15) is 27.0 Å². The molecule has 1 aliphatic rings. The standard InChI is InChI=1S/C14H12N2O3S2/c15-8-12-5-6-14(20-12)21(17,18)16-9-11-7-10-3-1-2-4-13(10)19-11/h1-6,11,16H,7,9H2. The molecule has 1 N–H and O–H groups in total. The third-order valence-electron chi connectivity index (χ3n) is 3.17. The molecule has 1 aromatic heterocycles. The van der Waals surface area contributed by atoms with E-state index in [-0.39, 0.29) is 16.9 Å². The molecule has 1 unspecified atom stereocenters. The summed E-state index contributed by atoms with van der Waals surface area (Å²) >= 11 is 0.957. The summed E-state index contributed by atoms with van der Waals surface area (Å²) in [6.07, 6.45) is 0.486. The molecule has 0 fully saturated rings. The third-order valence-corrected chi connectivity index (χ3v) is 6.08. The van der Waals surface area contributed by atoms with Gasteiger partial charge in [0.2, 0.25) is 10.0 Å². The largest absolute Gasteiger partial charge is 0.488 e. The van der Waals surface area contributed by atoms with Gasteiger partial charge in [-0.15, -0.1) is 11.3 Å². The molecular formula is C14H12N2O3S2. The highest BCUT2D eigenvalue weighted by molar-refractivity contribution is 7.91. The summed E-state index contributed by atoms with van der Waals surface area (Å²) in [5, 5.41) is 8.74. The van der Waals surface area contributed by atoms with Gasteiger partial charge in [0.05, 0.1) is 0 Å². The molecule has 0 saturated carbocycles. The maximum absolute atomic E-state index is 12.1. The van der Waals surface area contributed by atoms with E-state index in [0.29, 0.717) is 11.3 Å². The van der Waals surface area contributed by atoms with Crippen molar-refractivity contribution >= 4 is 21.4 Å². The molecule has 0 saturated heterocycles. The summed E-state index contributed by atoms with van der Waals surface area (Å²) in [7, 11) is -3.59. The van der Waals surface area contributed by atoms with E-state index >= 15 is 0 Å². The Bertz CT molecular complexity index is 781. The maximum atomic E-state index is 12.1. The number of para-hydroxylation sites is 1. The van der Waals surface area contributed by atoms with Gasteiger partial charge < -0.3 is 4.74 Å². The summed E-state index contributed by atoms with van der Waals surface area (Å²) in [5.41, 5.74) is 1.09. The lowest BCUT2D eigenvalue weighted by atomic mass is 10.1. The summed E-state index contributed by atoms with van der Waals surface area (Å²) in [6, 6.07) is 12.5. The zero-order valence-electron chi connectivity index (χ0n) is 10.9. The zero-order valence-corrected chi connectivity index (χ0v) is 12.6. The first-order chi connectivity index (χ1) is 10.1. The monoisotopic (exact) mass is 320 g/mol.